The van der Waals surface area contributed by atoms with Crippen molar-refractivity contribution in [3.05, 3.63) is 53.6 Å². The van der Waals surface area contributed by atoms with Crippen LogP contribution in [0.3, 0.4) is 0 Å². The lowest BCUT2D eigenvalue weighted by Gasteiger charge is -2.17. The Morgan fingerprint density at radius 1 is 1.05 bits per heavy atom. The molecule has 2 N–H and O–H groups in total. The summed E-state index contributed by atoms with van der Waals surface area (Å²) in [5, 5.41) is 12.5. The summed E-state index contributed by atoms with van der Waals surface area (Å²) in [6, 6.07) is 11.7. The highest BCUT2D eigenvalue weighted by atomic mass is 16.5. The van der Waals surface area contributed by atoms with Crippen LogP contribution in [0, 0.1) is 6.92 Å². The Balaban J connectivity index is 2.32. The number of aliphatic carboxylic acids is 1. The van der Waals surface area contributed by atoms with Crippen molar-refractivity contribution in [3.63, 3.8) is 0 Å². The van der Waals surface area contributed by atoms with Gasteiger partial charge in [0.2, 0.25) is 0 Å². The highest BCUT2D eigenvalue weighted by Gasteiger charge is 2.20. The molecule has 1 atom stereocenters. The van der Waals surface area contributed by atoms with Gasteiger partial charge in [-0.05, 0) is 12.5 Å². The molecule has 0 spiro atoms. The molecule has 0 heterocycles. The van der Waals surface area contributed by atoms with Gasteiger partial charge in [0.1, 0.15) is 11.5 Å². The zero-order chi connectivity index (χ0) is 16.1. The van der Waals surface area contributed by atoms with Crippen LogP contribution in [0.15, 0.2) is 42.5 Å². The second-order valence-electron chi connectivity index (χ2n) is 4.93. The molecule has 2 aromatic rings. The van der Waals surface area contributed by atoms with Gasteiger partial charge >= 0.3 is 5.97 Å². The monoisotopic (exact) mass is 301 g/mol. The van der Waals surface area contributed by atoms with E-state index in [-0.39, 0.29) is 0 Å². The lowest BCUT2D eigenvalue weighted by molar-refractivity contribution is -0.138. The van der Waals surface area contributed by atoms with E-state index < -0.39 is 12.0 Å². The van der Waals surface area contributed by atoms with Crippen molar-refractivity contribution in [2.24, 2.45) is 0 Å². The van der Waals surface area contributed by atoms with Gasteiger partial charge in [-0.2, -0.15) is 0 Å². The third-order valence-electron chi connectivity index (χ3n) is 3.32. The standard InChI is InChI=1S/C17H19NO4/c1-11-4-6-12(7-5-11)16(17(19)20)18-13-8-14(21-2)10-15(9-13)22-3/h4-10,16,18H,1-3H3,(H,19,20). The molecule has 2 aromatic carbocycles. The van der Waals surface area contributed by atoms with Gasteiger partial charge in [-0.15, -0.1) is 0 Å². The SMILES string of the molecule is COc1cc(NC(C(=O)O)c2ccc(C)cc2)cc(OC)c1. The number of hydrogen-bond donors (Lipinski definition) is 2. The molecule has 0 amide bonds. The van der Waals surface area contributed by atoms with E-state index in [1.807, 2.05) is 19.1 Å². The van der Waals surface area contributed by atoms with Crippen molar-refractivity contribution >= 4 is 11.7 Å². The summed E-state index contributed by atoms with van der Waals surface area (Å²) in [6.07, 6.45) is 0. The number of anilines is 1. The Morgan fingerprint density at radius 2 is 1.59 bits per heavy atom. The molecule has 0 saturated heterocycles. The quantitative estimate of drug-likeness (QED) is 0.857. The first kappa shape index (κ1) is 15.7. The summed E-state index contributed by atoms with van der Waals surface area (Å²) in [7, 11) is 3.10. The van der Waals surface area contributed by atoms with Crippen LogP contribution in [-0.4, -0.2) is 25.3 Å². The normalized spacial score (nSPS) is 11.6. The Labute approximate surface area is 129 Å². The van der Waals surface area contributed by atoms with Gasteiger partial charge in [0.25, 0.3) is 0 Å². The maximum Gasteiger partial charge on any atom is 0.330 e. The predicted molar refractivity (Wildman–Crippen MR) is 84.7 cm³/mol. The number of hydrogen-bond acceptors (Lipinski definition) is 4. The maximum atomic E-state index is 11.6. The molecule has 116 valence electrons. The van der Waals surface area contributed by atoms with Crippen LogP contribution >= 0.6 is 0 Å². The second kappa shape index (κ2) is 6.85. The Kier molecular flexibility index (Phi) is 4.88. The molecular weight excluding hydrogens is 282 g/mol. The number of rotatable bonds is 6. The summed E-state index contributed by atoms with van der Waals surface area (Å²) in [6.45, 7) is 1.96. The molecule has 0 aliphatic heterocycles. The molecule has 0 saturated carbocycles. The molecule has 0 bridgehead atoms. The van der Waals surface area contributed by atoms with E-state index >= 15 is 0 Å². The summed E-state index contributed by atoms with van der Waals surface area (Å²) >= 11 is 0. The van der Waals surface area contributed by atoms with Crippen molar-refractivity contribution in [2.75, 3.05) is 19.5 Å². The van der Waals surface area contributed by atoms with Crippen LogP contribution in [0.5, 0.6) is 11.5 Å². The minimum absolute atomic E-state index is 0.592. The number of carbonyl (C=O) groups is 1. The minimum Gasteiger partial charge on any atom is -0.497 e. The number of nitrogens with one attached hydrogen (secondary N) is 1. The van der Waals surface area contributed by atoms with Crippen LogP contribution in [0.2, 0.25) is 0 Å². The number of methoxy groups -OCH3 is 2. The Bertz CT molecular complexity index is 630. The minimum atomic E-state index is -0.953. The fraction of sp³-hybridized carbons (Fsp3) is 0.235. The summed E-state index contributed by atoms with van der Waals surface area (Å²) in [5.74, 6) is 0.232. The average molecular weight is 301 g/mol. The average Bonchev–Trinajstić information content (AvgIpc) is 2.53. The predicted octanol–water partition coefficient (Wildman–Crippen LogP) is 3.25. The number of benzene rings is 2. The molecule has 0 radical (unpaired) electrons. The van der Waals surface area contributed by atoms with Crippen molar-refractivity contribution in [3.8, 4) is 11.5 Å². The molecule has 5 heteroatoms. The number of carboxylic acids is 1. The van der Waals surface area contributed by atoms with Gasteiger partial charge in [-0.25, -0.2) is 4.79 Å². The van der Waals surface area contributed by atoms with Gasteiger partial charge in [0, 0.05) is 23.9 Å². The van der Waals surface area contributed by atoms with Gasteiger partial charge in [0.05, 0.1) is 14.2 Å². The largest absolute Gasteiger partial charge is 0.497 e. The first-order valence-electron chi connectivity index (χ1n) is 6.82. The number of carboxylic acid groups (broad SMARTS) is 1. The van der Waals surface area contributed by atoms with E-state index in [0.29, 0.717) is 22.7 Å². The van der Waals surface area contributed by atoms with Crippen LogP contribution in [0.1, 0.15) is 17.2 Å². The van der Waals surface area contributed by atoms with Crippen LogP contribution in [0.4, 0.5) is 5.69 Å². The lowest BCUT2D eigenvalue weighted by Crippen LogP contribution is -2.20. The fourth-order valence-electron chi connectivity index (χ4n) is 2.10. The van der Waals surface area contributed by atoms with Crippen molar-refractivity contribution < 1.29 is 19.4 Å². The molecule has 5 nitrogen and oxygen atoms in total. The highest BCUT2D eigenvalue weighted by Crippen LogP contribution is 2.28. The fourth-order valence-corrected chi connectivity index (χ4v) is 2.10. The van der Waals surface area contributed by atoms with Gasteiger partial charge < -0.3 is 19.9 Å². The molecule has 0 aliphatic rings. The summed E-state index contributed by atoms with van der Waals surface area (Å²) < 4.78 is 10.4. The smallest absolute Gasteiger partial charge is 0.330 e. The number of ether oxygens (including phenoxy) is 2. The van der Waals surface area contributed by atoms with Crippen LogP contribution < -0.4 is 14.8 Å². The third kappa shape index (κ3) is 3.69. The van der Waals surface area contributed by atoms with E-state index in [2.05, 4.69) is 5.32 Å². The van der Waals surface area contributed by atoms with E-state index in [1.54, 1.807) is 44.6 Å². The van der Waals surface area contributed by atoms with Crippen LogP contribution in [0.25, 0.3) is 0 Å². The summed E-state index contributed by atoms with van der Waals surface area (Å²) in [5.41, 5.74) is 2.38. The first-order valence-corrected chi connectivity index (χ1v) is 6.82. The van der Waals surface area contributed by atoms with Crippen LogP contribution in [-0.2, 0) is 4.79 Å². The van der Waals surface area contributed by atoms with Gasteiger partial charge in [0.15, 0.2) is 6.04 Å². The third-order valence-corrected chi connectivity index (χ3v) is 3.32. The topological polar surface area (TPSA) is 67.8 Å². The van der Waals surface area contributed by atoms with E-state index in [1.165, 1.54) is 0 Å². The number of aryl methyl sites for hydroxylation is 1. The molecule has 0 aliphatic carbocycles. The van der Waals surface area contributed by atoms with Gasteiger partial charge in [-0.3, -0.25) is 0 Å². The second-order valence-corrected chi connectivity index (χ2v) is 4.93. The molecule has 22 heavy (non-hydrogen) atoms. The van der Waals surface area contributed by atoms with E-state index in [0.717, 1.165) is 5.56 Å². The summed E-state index contributed by atoms with van der Waals surface area (Å²) in [4.78, 5) is 11.6. The maximum absolute atomic E-state index is 11.6. The molecule has 1 unspecified atom stereocenters. The first-order chi connectivity index (χ1) is 10.5. The van der Waals surface area contributed by atoms with Crippen molar-refractivity contribution in [1.29, 1.82) is 0 Å². The molecule has 0 aromatic heterocycles. The Morgan fingerprint density at radius 3 is 2.05 bits per heavy atom. The molecule has 2 rings (SSSR count). The zero-order valence-corrected chi connectivity index (χ0v) is 12.8. The highest BCUT2D eigenvalue weighted by molar-refractivity contribution is 5.79. The van der Waals surface area contributed by atoms with Crippen molar-refractivity contribution in [1.82, 2.24) is 0 Å². The van der Waals surface area contributed by atoms with E-state index in [4.69, 9.17) is 9.47 Å². The lowest BCUT2D eigenvalue weighted by atomic mass is 10.0. The van der Waals surface area contributed by atoms with Gasteiger partial charge in [-0.1, -0.05) is 29.8 Å². The van der Waals surface area contributed by atoms with Crippen molar-refractivity contribution in [2.45, 2.75) is 13.0 Å². The molecular formula is C17H19NO4. The molecule has 0 fully saturated rings. The Hall–Kier alpha value is -2.69. The van der Waals surface area contributed by atoms with E-state index in [9.17, 15) is 9.90 Å². The zero-order valence-electron chi connectivity index (χ0n) is 12.8.